The Morgan fingerprint density at radius 3 is 2.74 bits per heavy atom. The number of hydrogen-bond acceptors (Lipinski definition) is 3. The smallest absolute Gasteiger partial charge is 0.317 e. The summed E-state index contributed by atoms with van der Waals surface area (Å²) in [6, 6.07) is 5.45. The quantitative estimate of drug-likeness (QED) is 0.739. The molecule has 0 spiro atoms. The van der Waals surface area contributed by atoms with Crippen molar-refractivity contribution in [1.29, 1.82) is 0 Å². The number of carbonyl (C=O) groups is 1. The summed E-state index contributed by atoms with van der Waals surface area (Å²) in [5.41, 5.74) is 0.707. The van der Waals surface area contributed by atoms with E-state index in [-0.39, 0.29) is 18.4 Å². The summed E-state index contributed by atoms with van der Waals surface area (Å²) in [6.07, 6.45) is 0.362. The lowest BCUT2D eigenvalue weighted by molar-refractivity contribution is 0.197. The van der Waals surface area contributed by atoms with E-state index >= 15 is 0 Å². The lowest BCUT2D eigenvalue weighted by Gasteiger charge is -2.27. The van der Waals surface area contributed by atoms with Crippen molar-refractivity contribution in [2.75, 3.05) is 33.7 Å². The van der Waals surface area contributed by atoms with Gasteiger partial charge in [0.05, 0.1) is 6.04 Å². The largest absolute Gasteiger partial charge is 0.336 e. The molecule has 1 aliphatic rings. The molecule has 0 aliphatic carbocycles. The first-order valence-corrected chi connectivity index (χ1v) is 8.69. The van der Waals surface area contributed by atoms with Crippen LogP contribution in [0.3, 0.4) is 0 Å². The summed E-state index contributed by atoms with van der Waals surface area (Å²) in [6.45, 7) is 1.06. The number of hydrogen-bond donors (Lipinski definition) is 2. The van der Waals surface area contributed by atoms with E-state index in [1.54, 1.807) is 17.0 Å². The summed E-state index contributed by atoms with van der Waals surface area (Å²) in [5, 5.41) is 2.69. The minimum Gasteiger partial charge on any atom is -0.336 e. The van der Waals surface area contributed by atoms with Crippen molar-refractivity contribution in [3.05, 3.63) is 35.6 Å². The van der Waals surface area contributed by atoms with Gasteiger partial charge >= 0.3 is 6.03 Å². The lowest BCUT2D eigenvalue weighted by Crippen LogP contribution is -2.48. The highest BCUT2D eigenvalue weighted by molar-refractivity contribution is 7.87. The average molecular weight is 344 g/mol. The number of rotatable bonds is 7. The molecule has 1 aliphatic heterocycles. The first-order valence-electron chi connectivity index (χ1n) is 7.25. The molecule has 2 rings (SSSR count). The second kappa shape index (κ2) is 7.24. The summed E-state index contributed by atoms with van der Waals surface area (Å²) < 4.78 is 40.6. The molecule has 0 aromatic heterocycles. The average Bonchev–Trinajstić information content (AvgIpc) is 2.89. The number of halogens is 1. The first kappa shape index (κ1) is 17.6. The van der Waals surface area contributed by atoms with Crippen molar-refractivity contribution >= 4 is 16.2 Å². The minimum absolute atomic E-state index is 0.0600. The summed E-state index contributed by atoms with van der Waals surface area (Å²) in [5.74, 6) is -0.360. The predicted octanol–water partition coefficient (Wildman–Crippen LogP) is 0.158. The third-order valence-corrected chi connectivity index (χ3v) is 5.17. The molecule has 0 saturated carbocycles. The zero-order valence-electron chi connectivity index (χ0n) is 13.1. The highest BCUT2D eigenvalue weighted by Gasteiger charge is 2.29. The van der Waals surface area contributed by atoms with Gasteiger partial charge in [-0.3, -0.25) is 0 Å². The Balaban J connectivity index is 2.13. The van der Waals surface area contributed by atoms with E-state index in [4.69, 9.17) is 0 Å². The number of benzene rings is 1. The fourth-order valence-corrected chi connectivity index (χ4v) is 3.06. The molecule has 1 heterocycles. The maximum absolute atomic E-state index is 13.3. The molecule has 1 atom stereocenters. The van der Waals surface area contributed by atoms with E-state index in [1.165, 1.54) is 26.2 Å². The van der Waals surface area contributed by atoms with Crippen LogP contribution in [0.25, 0.3) is 0 Å². The van der Waals surface area contributed by atoms with Crippen LogP contribution >= 0.6 is 0 Å². The number of nitrogens with zero attached hydrogens (tertiary/aromatic N) is 2. The number of nitrogens with one attached hydrogen (secondary N) is 2. The van der Waals surface area contributed by atoms with Crippen LogP contribution in [0.2, 0.25) is 0 Å². The van der Waals surface area contributed by atoms with Crippen molar-refractivity contribution in [2.45, 2.75) is 12.5 Å². The number of urea groups is 1. The molecular weight excluding hydrogens is 323 g/mol. The van der Waals surface area contributed by atoms with Crippen molar-refractivity contribution < 1.29 is 17.6 Å². The van der Waals surface area contributed by atoms with E-state index < -0.39 is 16.3 Å². The normalized spacial score (nSPS) is 16.7. The summed E-state index contributed by atoms with van der Waals surface area (Å²) in [4.78, 5) is 13.5. The minimum atomic E-state index is -3.59. The lowest BCUT2D eigenvalue weighted by atomic mass is 10.0. The van der Waals surface area contributed by atoms with Crippen LogP contribution in [0, 0.1) is 5.82 Å². The second-order valence-electron chi connectivity index (χ2n) is 5.55. The summed E-state index contributed by atoms with van der Waals surface area (Å²) >= 11 is 0. The number of carbonyl (C=O) groups excluding carboxylic acids is 1. The Hall–Kier alpha value is -1.71. The zero-order valence-corrected chi connectivity index (χ0v) is 13.9. The molecule has 2 amide bonds. The topological polar surface area (TPSA) is 81.8 Å². The van der Waals surface area contributed by atoms with E-state index in [9.17, 15) is 17.6 Å². The van der Waals surface area contributed by atoms with Gasteiger partial charge in [-0.15, -0.1) is 0 Å². The SMILES string of the molecule is CN(C)S(=O)(=O)NC[C@H](Cc1cccc(F)c1)N1CCNC1=O. The van der Waals surface area contributed by atoms with Gasteiger partial charge in [-0.25, -0.2) is 13.9 Å². The van der Waals surface area contributed by atoms with Crippen molar-refractivity contribution in [3.63, 3.8) is 0 Å². The Morgan fingerprint density at radius 1 is 1.43 bits per heavy atom. The van der Waals surface area contributed by atoms with Crippen LogP contribution in [0.5, 0.6) is 0 Å². The molecule has 0 bridgehead atoms. The van der Waals surface area contributed by atoms with E-state index in [2.05, 4.69) is 10.0 Å². The van der Waals surface area contributed by atoms with E-state index in [1.807, 2.05) is 0 Å². The molecule has 0 radical (unpaired) electrons. The van der Waals surface area contributed by atoms with Gasteiger partial charge in [0.15, 0.2) is 0 Å². The molecule has 1 fully saturated rings. The van der Waals surface area contributed by atoms with Gasteiger partial charge < -0.3 is 10.2 Å². The third kappa shape index (κ3) is 4.63. The Morgan fingerprint density at radius 2 is 2.17 bits per heavy atom. The van der Waals surface area contributed by atoms with Gasteiger partial charge in [0.2, 0.25) is 0 Å². The van der Waals surface area contributed by atoms with Gasteiger partial charge in [-0.05, 0) is 24.1 Å². The van der Waals surface area contributed by atoms with Gasteiger partial charge in [-0.1, -0.05) is 12.1 Å². The van der Waals surface area contributed by atoms with Gasteiger partial charge in [0.25, 0.3) is 10.2 Å². The van der Waals surface area contributed by atoms with Crippen molar-refractivity contribution in [2.24, 2.45) is 0 Å². The standard InChI is InChI=1S/C14H21FN4O3S/c1-18(2)23(21,22)17-10-13(19-7-6-16-14(19)20)9-11-4-3-5-12(15)8-11/h3-5,8,13,17H,6-7,9-10H2,1-2H3,(H,16,20)/t13-/m0/s1. The zero-order chi connectivity index (χ0) is 17.0. The highest BCUT2D eigenvalue weighted by Crippen LogP contribution is 2.13. The van der Waals surface area contributed by atoms with Crippen LogP contribution in [-0.2, 0) is 16.6 Å². The molecule has 1 aromatic carbocycles. The number of amides is 2. The van der Waals surface area contributed by atoms with Crippen LogP contribution in [0.1, 0.15) is 5.56 Å². The fraction of sp³-hybridized carbons (Fsp3) is 0.500. The Labute approximate surface area is 135 Å². The molecule has 23 heavy (non-hydrogen) atoms. The molecule has 1 saturated heterocycles. The van der Waals surface area contributed by atoms with Crippen LogP contribution in [0.4, 0.5) is 9.18 Å². The monoisotopic (exact) mass is 344 g/mol. The maximum Gasteiger partial charge on any atom is 0.317 e. The van der Waals surface area contributed by atoms with Crippen LogP contribution in [0.15, 0.2) is 24.3 Å². The van der Waals surface area contributed by atoms with Crippen LogP contribution in [-0.4, -0.2) is 63.4 Å². The molecule has 1 aromatic rings. The maximum atomic E-state index is 13.3. The van der Waals surface area contributed by atoms with E-state index in [0.717, 1.165) is 4.31 Å². The molecular formula is C14H21FN4O3S. The predicted molar refractivity (Wildman–Crippen MR) is 84.6 cm³/mol. The van der Waals surface area contributed by atoms with Gasteiger partial charge in [0, 0.05) is 33.7 Å². The van der Waals surface area contributed by atoms with E-state index in [0.29, 0.717) is 25.1 Å². The highest BCUT2D eigenvalue weighted by atomic mass is 32.2. The fourth-order valence-electron chi connectivity index (χ4n) is 2.39. The molecule has 0 unspecified atom stereocenters. The Kier molecular flexibility index (Phi) is 5.55. The second-order valence-corrected chi connectivity index (χ2v) is 7.52. The summed E-state index contributed by atoms with van der Waals surface area (Å²) in [7, 11) is -0.744. The first-order chi connectivity index (χ1) is 10.8. The molecule has 9 heteroatoms. The third-order valence-electron chi connectivity index (χ3n) is 3.67. The molecule has 2 N–H and O–H groups in total. The van der Waals surface area contributed by atoms with Crippen molar-refractivity contribution in [3.8, 4) is 0 Å². The molecule has 128 valence electrons. The Bertz CT molecular complexity index is 666. The molecule has 7 nitrogen and oxygen atoms in total. The van der Waals surface area contributed by atoms with Crippen molar-refractivity contribution in [1.82, 2.24) is 19.2 Å². The van der Waals surface area contributed by atoms with Crippen LogP contribution < -0.4 is 10.0 Å². The van der Waals surface area contributed by atoms with Gasteiger partial charge in [-0.2, -0.15) is 12.7 Å². The van der Waals surface area contributed by atoms with Gasteiger partial charge in [0.1, 0.15) is 5.82 Å².